The number of piperidine rings is 1. The number of aryl methyl sites for hydroxylation is 1. The summed E-state index contributed by atoms with van der Waals surface area (Å²) in [5, 5.41) is 4.48. The first kappa shape index (κ1) is 11.7. The lowest BCUT2D eigenvalue weighted by Crippen LogP contribution is -2.26. The summed E-state index contributed by atoms with van der Waals surface area (Å²) < 4.78 is 19.1. The number of fused-ring (bicyclic) bond motifs is 1. The predicted molar refractivity (Wildman–Crippen MR) is 70.4 cm³/mol. The van der Waals surface area contributed by atoms with Gasteiger partial charge in [0.1, 0.15) is 17.2 Å². The van der Waals surface area contributed by atoms with Crippen molar-refractivity contribution in [2.45, 2.75) is 32.1 Å². The summed E-state index contributed by atoms with van der Waals surface area (Å²) in [6.45, 7) is 4.21. The van der Waals surface area contributed by atoms with E-state index in [0.29, 0.717) is 11.5 Å². The van der Waals surface area contributed by atoms with Gasteiger partial charge in [0.2, 0.25) is 0 Å². The maximum atomic E-state index is 13.3. The van der Waals surface area contributed by atoms with E-state index in [1.54, 1.807) is 0 Å². The fraction of sp³-hybridized carbons (Fsp3) is 0.467. The molecule has 1 fully saturated rings. The van der Waals surface area contributed by atoms with Crippen molar-refractivity contribution in [2.75, 3.05) is 13.1 Å². The summed E-state index contributed by atoms with van der Waals surface area (Å²) in [7, 11) is 0. The molecule has 0 unspecified atom stereocenters. The highest BCUT2D eigenvalue weighted by molar-refractivity contribution is 5.83. The molecular weight excluding hydrogens is 229 g/mol. The Morgan fingerprint density at radius 1 is 1.33 bits per heavy atom. The van der Waals surface area contributed by atoms with E-state index in [2.05, 4.69) is 12.2 Å². The van der Waals surface area contributed by atoms with Crippen LogP contribution < -0.4 is 5.32 Å². The number of hydrogen-bond donors (Lipinski definition) is 1. The van der Waals surface area contributed by atoms with Gasteiger partial charge in [-0.3, -0.25) is 0 Å². The van der Waals surface area contributed by atoms with Crippen molar-refractivity contribution < 1.29 is 8.81 Å². The fourth-order valence-corrected chi connectivity index (χ4v) is 2.96. The van der Waals surface area contributed by atoms with Gasteiger partial charge in [0.25, 0.3) is 0 Å². The first-order chi connectivity index (χ1) is 8.79. The summed E-state index contributed by atoms with van der Waals surface area (Å²) in [4.78, 5) is 0. The summed E-state index contributed by atoms with van der Waals surface area (Å²) in [6, 6.07) is 4.89. The number of benzene rings is 1. The number of nitrogens with one attached hydrogen (secondary N) is 1. The molecular formula is C15H18FNO. The van der Waals surface area contributed by atoms with E-state index in [4.69, 9.17) is 4.42 Å². The molecule has 1 aromatic heterocycles. The van der Waals surface area contributed by atoms with Gasteiger partial charge in [0, 0.05) is 23.4 Å². The molecule has 2 aromatic rings. The van der Waals surface area contributed by atoms with Gasteiger partial charge in [-0.2, -0.15) is 0 Å². The van der Waals surface area contributed by atoms with E-state index in [9.17, 15) is 4.39 Å². The van der Waals surface area contributed by atoms with Crippen LogP contribution in [0.2, 0.25) is 0 Å². The molecule has 0 atom stereocenters. The average Bonchev–Trinajstić information content (AvgIpc) is 2.77. The van der Waals surface area contributed by atoms with E-state index in [1.165, 1.54) is 17.7 Å². The first-order valence-electron chi connectivity index (χ1n) is 6.71. The van der Waals surface area contributed by atoms with Gasteiger partial charge < -0.3 is 9.73 Å². The maximum absolute atomic E-state index is 13.3. The van der Waals surface area contributed by atoms with Crippen LogP contribution in [0, 0.1) is 5.82 Å². The summed E-state index contributed by atoms with van der Waals surface area (Å²) >= 11 is 0. The molecule has 18 heavy (non-hydrogen) atoms. The fourth-order valence-electron chi connectivity index (χ4n) is 2.96. The van der Waals surface area contributed by atoms with Crippen molar-refractivity contribution in [1.29, 1.82) is 0 Å². The van der Waals surface area contributed by atoms with Crippen LogP contribution in [0.5, 0.6) is 0 Å². The predicted octanol–water partition coefficient (Wildman–Crippen LogP) is 3.60. The Morgan fingerprint density at radius 2 is 2.11 bits per heavy atom. The van der Waals surface area contributed by atoms with Crippen LogP contribution in [-0.4, -0.2) is 13.1 Å². The van der Waals surface area contributed by atoms with Crippen LogP contribution in [0.25, 0.3) is 11.0 Å². The minimum Gasteiger partial charge on any atom is -0.461 e. The van der Waals surface area contributed by atoms with Crippen molar-refractivity contribution in [3.05, 3.63) is 35.3 Å². The highest BCUT2D eigenvalue weighted by Crippen LogP contribution is 2.36. The third-order valence-electron chi connectivity index (χ3n) is 3.84. The second kappa shape index (κ2) is 4.73. The Kier molecular flexibility index (Phi) is 3.08. The van der Waals surface area contributed by atoms with Gasteiger partial charge in [-0.15, -0.1) is 0 Å². The maximum Gasteiger partial charge on any atom is 0.137 e. The monoisotopic (exact) mass is 247 g/mol. The van der Waals surface area contributed by atoms with Crippen molar-refractivity contribution in [3.8, 4) is 0 Å². The topological polar surface area (TPSA) is 25.2 Å². The van der Waals surface area contributed by atoms with Gasteiger partial charge in [-0.25, -0.2) is 4.39 Å². The lowest BCUT2D eigenvalue weighted by Gasteiger charge is -2.23. The van der Waals surface area contributed by atoms with Crippen molar-refractivity contribution in [2.24, 2.45) is 0 Å². The molecule has 96 valence electrons. The molecule has 0 amide bonds. The second-order valence-electron chi connectivity index (χ2n) is 4.96. The standard InChI is InChI=1S/C15H18FNO/c1-2-13-15(10-5-7-17-8-6-10)12-4-3-11(16)9-14(12)18-13/h3-4,9-10,17H,2,5-8H2,1H3. The van der Waals surface area contributed by atoms with E-state index in [1.807, 2.05) is 6.07 Å². The molecule has 1 aliphatic rings. The Balaban J connectivity index is 2.12. The lowest BCUT2D eigenvalue weighted by atomic mass is 9.87. The lowest BCUT2D eigenvalue weighted by molar-refractivity contribution is 0.449. The van der Waals surface area contributed by atoms with E-state index in [-0.39, 0.29) is 5.82 Å². The Bertz CT molecular complexity index is 555. The number of halogens is 1. The molecule has 3 heteroatoms. The van der Waals surface area contributed by atoms with Crippen LogP contribution in [-0.2, 0) is 6.42 Å². The Labute approximate surface area is 106 Å². The van der Waals surface area contributed by atoms with Crippen LogP contribution >= 0.6 is 0 Å². The highest BCUT2D eigenvalue weighted by Gasteiger charge is 2.23. The molecule has 1 aromatic carbocycles. The van der Waals surface area contributed by atoms with Crippen LogP contribution in [0.15, 0.2) is 22.6 Å². The number of furan rings is 1. The molecule has 2 nitrogen and oxygen atoms in total. The second-order valence-corrected chi connectivity index (χ2v) is 4.96. The third kappa shape index (κ3) is 1.93. The number of hydrogen-bond acceptors (Lipinski definition) is 2. The zero-order valence-corrected chi connectivity index (χ0v) is 10.6. The van der Waals surface area contributed by atoms with Gasteiger partial charge >= 0.3 is 0 Å². The zero-order chi connectivity index (χ0) is 12.5. The van der Waals surface area contributed by atoms with E-state index < -0.39 is 0 Å². The molecule has 0 radical (unpaired) electrons. The molecule has 0 bridgehead atoms. The van der Waals surface area contributed by atoms with Crippen molar-refractivity contribution in [1.82, 2.24) is 5.32 Å². The Hall–Kier alpha value is -1.35. The van der Waals surface area contributed by atoms with Crippen molar-refractivity contribution >= 4 is 11.0 Å². The Morgan fingerprint density at radius 3 is 2.83 bits per heavy atom. The minimum atomic E-state index is -0.226. The minimum absolute atomic E-state index is 0.226. The van der Waals surface area contributed by atoms with Crippen LogP contribution in [0.3, 0.4) is 0 Å². The van der Waals surface area contributed by atoms with E-state index in [0.717, 1.165) is 43.5 Å². The molecule has 2 heterocycles. The van der Waals surface area contributed by atoms with Gasteiger partial charge in [-0.05, 0) is 44.0 Å². The average molecular weight is 247 g/mol. The summed E-state index contributed by atoms with van der Waals surface area (Å²) in [6.07, 6.45) is 3.15. The summed E-state index contributed by atoms with van der Waals surface area (Å²) in [5.41, 5.74) is 2.01. The number of rotatable bonds is 2. The van der Waals surface area contributed by atoms with Crippen LogP contribution in [0.1, 0.15) is 37.0 Å². The normalized spacial score (nSPS) is 17.4. The molecule has 0 aliphatic carbocycles. The molecule has 0 spiro atoms. The van der Waals surface area contributed by atoms with Crippen LogP contribution in [0.4, 0.5) is 4.39 Å². The van der Waals surface area contributed by atoms with Crippen molar-refractivity contribution in [3.63, 3.8) is 0 Å². The van der Waals surface area contributed by atoms with Gasteiger partial charge in [-0.1, -0.05) is 6.92 Å². The SMILES string of the molecule is CCc1oc2cc(F)ccc2c1C1CCNCC1. The molecule has 3 rings (SSSR count). The largest absolute Gasteiger partial charge is 0.461 e. The zero-order valence-electron chi connectivity index (χ0n) is 10.6. The third-order valence-corrected chi connectivity index (χ3v) is 3.84. The highest BCUT2D eigenvalue weighted by atomic mass is 19.1. The summed E-state index contributed by atoms with van der Waals surface area (Å²) in [5.74, 6) is 1.35. The molecule has 0 saturated carbocycles. The molecule has 1 N–H and O–H groups in total. The van der Waals surface area contributed by atoms with Gasteiger partial charge in [0.15, 0.2) is 0 Å². The quantitative estimate of drug-likeness (QED) is 0.877. The molecule has 1 aliphatic heterocycles. The van der Waals surface area contributed by atoms with Gasteiger partial charge in [0.05, 0.1) is 0 Å². The smallest absolute Gasteiger partial charge is 0.137 e. The van der Waals surface area contributed by atoms with E-state index >= 15 is 0 Å². The molecule has 1 saturated heterocycles. The first-order valence-corrected chi connectivity index (χ1v) is 6.71.